The maximum Gasteiger partial charge on any atom is 0.265 e. The zero-order valence-corrected chi connectivity index (χ0v) is 29.2. The van der Waals surface area contributed by atoms with Crippen LogP contribution in [0.15, 0.2) is 103 Å². The number of pyridine rings is 1. The molecule has 4 aromatic heterocycles. The van der Waals surface area contributed by atoms with Gasteiger partial charge in [0, 0.05) is 57.7 Å². The molecule has 252 valence electrons. The van der Waals surface area contributed by atoms with Gasteiger partial charge in [0.15, 0.2) is 0 Å². The molecule has 50 heavy (non-hydrogen) atoms. The number of anilines is 4. The van der Waals surface area contributed by atoms with E-state index in [4.69, 9.17) is 4.98 Å². The summed E-state index contributed by atoms with van der Waals surface area (Å²) in [5, 5.41) is 14.0. The van der Waals surface area contributed by atoms with E-state index in [1.807, 2.05) is 73.8 Å². The molecule has 0 aliphatic carbocycles. The Morgan fingerprint density at radius 1 is 0.820 bits per heavy atom. The Bertz CT molecular complexity index is 2150. The number of nitrogens with zero attached hydrogens (tertiary/aromatic N) is 4. The fraction of sp³-hybridized carbons (Fsp3) is 0.135. The van der Waals surface area contributed by atoms with E-state index in [0.29, 0.717) is 51.3 Å². The minimum absolute atomic E-state index is 0.177. The summed E-state index contributed by atoms with van der Waals surface area (Å²) in [6.45, 7) is 3.18. The lowest BCUT2D eigenvalue weighted by atomic mass is 10.0. The molecule has 2 aromatic carbocycles. The number of aryl methyl sites for hydroxylation is 1. The highest BCUT2D eigenvalue weighted by Crippen LogP contribution is 2.32. The quantitative estimate of drug-likeness (QED) is 0.105. The highest BCUT2D eigenvalue weighted by Gasteiger charge is 2.16. The first-order valence-corrected chi connectivity index (χ1v) is 17.4. The van der Waals surface area contributed by atoms with Gasteiger partial charge in [0.05, 0.1) is 28.0 Å². The highest BCUT2D eigenvalue weighted by atomic mass is 32.1. The molecule has 6 rings (SSSR count). The Morgan fingerprint density at radius 3 is 2.48 bits per heavy atom. The molecule has 4 heterocycles. The van der Waals surface area contributed by atoms with Gasteiger partial charge in [-0.15, -0.1) is 22.7 Å². The number of carbonyl (C=O) groups is 3. The van der Waals surface area contributed by atoms with E-state index in [2.05, 4.69) is 31.2 Å². The third kappa shape index (κ3) is 8.44. The first-order valence-electron chi connectivity index (χ1n) is 15.7. The molecule has 4 N–H and O–H groups in total. The van der Waals surface area contributed by atoms with E-state index in [1.54, 1.807) is 53.9 Å². The normalized spacial score (nSPS) is 10.9. The zero-order valence-electron chi connectivity index (χ0n) is 27.6. The van der Waals surface area contributed by atoms with E-state index < -0.39 is 5.91 Å². The van der Waals surface area contributed by atoms with Crippen LogP contribution in [-0.4, -0.2) is 64.8 Å². The number of hydrogen-bond acceptors (Lipinski definition) is 10. The van der Waals surface area contributed by atoms with Gasteiger partial charge in [0.1, 0.15) is 0 Å². The van der Waals surface area contributed by atoms with Gasteiger partial charge in [0.25, 0.3) is 17.7 Å². The number of nitrogens with one attached hydrogen (secondary N) is 4. The van der Waals surface area contributed by atoms with Crippen LogP contribution < -0.4 is 21.3 Å². The topological polar surface area (TPSA) is 141 Å². The monoisotopic (exact) mass is 702 g/mol. The third-order valence-electron chi connectivity index (χ3n) is 7.54. The van der Waals surface area contributed by atoms with Crippen LogP contribution >= 0.6 is 22.7 Å². The van der Waals surface area contributed by atoms with Crippen molar-refractivity contribution < 1.29 is 14.4 Å². The summed E-state index contributed by atoms with van der Waals surface area (Å²) in [6, 6.07) is 23.8. The molecule has 11 nitrogen and oxygen atoms in total. The van der Waals surface area contributed by atoms with Crippen molar-refractivity contribution in [3.05, 3.63) is 124 Å². The average molecular weight is 703 g/mol. The smallest absolute Gasteiger partial charge is 0.265 e. The van der Waals surface area contributed by atoms with Gasteiger partial charge in [-0.3, -0.25) is 19.4 Å². The summed E-state index contributed by atoms with van der Waals surface area (Å²) in [4.78, 5) is 57.1. The minimum Gasteiger partial charge on any atom is -0.351 e. The van der Waals surface area contributed by atoms with Crippen LogP contribution in [-0.2, 0) is 0 Å². The average Bonchev–Trinajstić information content (AvgIpc) is 3.83. The van der Waals surface area contributed by atoms with Crippen molar-refractivity contribution in [2.24, 2.45) is 0 Å². The summed E-state index contributed by atoms with van der Waals surface area (Å²) in [5.74, 6) is -0.510. The molecule has 0 saturated heterocycles. The number of aromatic nitrogens is 3. The molecule has 0 aliphatic heterocycles. The van der Waals surface area contributed by atoms with Crippen LogP contribution in [0.2, 0.25) is 0 Å². The molecule has 0 radical (unpaired) electrons. The Morgan fingerprint density at radius 2 is 1.66 bits per heavy atom. The van der Waals surface area contributed by atoms with Gasteiger partial charge < -0.3 is 26.2 Å². The lowest BCUT2D eigenvalue weighted by Crippen LogP contribution is -2.31. The minimum atomic E-state index is -0.391. The summed E-state index contributed by atoms with van der Waals surface area (Å²) < 4.78 is 0. The van der Waals surface area contributed by atoms with E-state index in [0.717, 1.165) is 21.9 Å². The first-order chi connectivity index (χ1) is 24.2. The van der Waals surface area contributed by atoms with E-state index in [9.17, 15) is 14.4 Å². The van der Waals surface area contributed by atoms with Crippen LogP contribution in [0, 0.1) is 6.92 Å². The van der Waals surface area contributed by atoms with Crippen molar-refractivity contribution in [3.8, 4) is 21.0 Å². The fourth-order valence-corrected chi connectivity index (χ4v) is 6.69. The SMILES string of the molecule is Cc1ccc(NC(=O)c2cncc(NC(=O)c3ccc(-c4cccs4)s3)c2)cc1Nc1nccc(-c2ccccc2C(=O)NCCN(C)C)n1. The van der Waals surface area contributed by atoms with Crippen molar-refractivity contribution in [2.45, 2.75) is 6.92 Å². The summed E-state index contributed by atoms with van der Waals surface area (Å²) in [6.07, 6.45) is 4.57. The summed E-state index contributed by atoms with van der Waals surface area (Å²) in [5.41, 5.74) is 4.60. The van der Waals surface area contributed by atoms with Gasteiger partial charge in [-0.2, -0.15) is 0 Å². The van der Waals surface area contributed by atoms with E-state index in [-0.39, 0.29) is 17.4 Å². The molecule has 13 heteroatoms. The number of carbonyl (C=O) groups excluding carboxylic acids is 3. The molecule has 0 bridgehead atoms. The number of hydrogen-bond donors (Lipinski definition) is 4. The number of amides is 3. The molecular formula is C37H34N8O3S2. The molecule has 3 amide bonds. The Balaban J connectivity index is 1.12. The number of thiophene rings is 2. The van der Waals surface area contributed by atoms with Gasteiger partial charge in [-0.05, 0) is 80.5 Å². The third-order valence-corrected chi connectivity index (χ3v) is 9.69. The van der Waals surface area contributed by atoms with Crippen LogP contribution in [0.1, 0.15) is 36.0 Å². The maximum atomic E-state index is 13.3. The van der Waals surface area contributed by atoms with Crippen LogP contribution in [0.25, 0.3) is 21.0 Å². The predicted molar refractivity (Wildman–Crippen MR) is 201 cm³/mol. The number of likely N-dealkylation sites (N-methyl/N-ethyl adjacent to an activating group) is 1. The van der Waals surface area contributed by atoms with Crippen LogP contribution in [0.3, 0.4) is 0 Å². The second-order valence-corrected chi connectivity index (χ2v) is 13.6. The number of benzene rings is 2. The van der Waals surface area contributed by atoms with E-state index in [1.165, 1.54) is 23.7 Å². The van der Waals surface area contributed by atoms with Crippen molar-refractivity contribution >= 4 is 63.4 Å². The predicted octanol–water partition coefficient (Wildman–Crippen LogP) is 7.18. The molecule has 6 aromatic rings. The molecule has 0 unspecified atom stereocenters. The maximum absolute atomic E-state index is 13.3. The lowest BCUT2D eigenvalue weighted by molar-refractivity contribution is 0.0950. The van der Waals surface area contributed by atoms with Gasteiger partial charge in [0.2, 0.25) is 5.95 Å². The van der Waals surface area contributed by atoms with Crippen LogP contribution in [0.5, 0.6) is 0 Å². The van der Waals surface area contributed by atoms with Gasteiger partial charge >= 0.3 is 0 Å². The molecule has 0 fully saturated rings. The Hall–Kier alpha value is -5.76. The molecule has 0 atom stereocenters. The largest absolute Gasteiger partial charge is 0.351 e. The van der Waals surface area contributed by atoms with Crippen molar-refractivity contribution in [1.82, 2.24) is 25.2 Å². The molecular weight excluding hydrogens is 669 g/mol. The molecule has 0 saturated carbocycles. The van der Waals surface area contributed by atoms with Crippen molar-refractivity contribution in [1.29, 1.82) is 0 Å². The Kier molecular flexibility index (Phi) is 10.7. The van der Waals surface area contributed by atoms with Crippen molar-refractivity contribution in [2.75, 3.05) is 43.1 Å². The Labute approximate surface area is 297 Å². The fourth-order valence-electron chi connectivity index (χ4n) is 4.96. The molecule has 0 spiro atoms. The van der Waals surface area contributed by atoms with Gasteiger partial charge in [-0.1, -0.05) is 30.3 Å². The van der Waals surface area contributed by atoms with Crippen molar-refractivity contribution in [3.63, 3.8) is 0 Å². The zero-order chi connectivity index (χ0) is 35.0. The van der Waals surface area contributed by atoms with E-state index >= 15 is 0 Å². The molecule has 0 aliphatic rings. The lowest BCUT2D eigenvalue weighted by Gasteiger charge is -2.14. The summed E-state index contributed by atoms with van der Waals surface area (Å²) >= 11 is 3.02. The number of rotatable bonds is 12. The second-order valence-electron chi connectivity index (χ2n) is 11.5. The van der Waals surface area contributed by atoms with Gasteiger partial charge in [-0.25, -0.2) is 9.97 Å². The van der Waals surface area contributed by atoms with Crippen LogP contribution in [0.4, 0.5) is 23.0 Å². The summed E-state index contributed by atoms with van der Waals surface area (Å²) in [7, 11) is 3.91. The second kappa shape index (κ2) is 15.6. The highest BCUT2D eigenvalue weighted by molar-refractivity contribution is 7.22. The first kappa shape index (κ1) is 34.1. The standard InChI is InChI=1S/C37H34N8O3S2/c1-23-10-11-25(41-34(46)24-19-26(22-38-21-24)42-36(48)33-13-12-32(50-33)31-9-6-18-49-31)20-30(23)44-37-40-15-14-29(43-37)27-7-4-5-8-28(27)35(47)39-16-17-45(2)3/h4-15,18-22H,16-17H2,1-3H3,(H,39,47)(H,41,46)(H,42,48)(H,40,43,44).